The molecule has 1 aromatic carbocycles. The van der Waals surface area contributed by atoms with Crippen molar-refractivity contribution in [2.45, 2.75) is 13.1 Å². The maximum atomic E-state index is 12.5. The highest BCUT2D eigenvalue weighted by Gasteiger charge is 2.19. The first-order valence-electron chi connectivity index (χ1n) is 7.77. The third kappa shape index (κ3) is 3.50. The lowest BCUT2D eigenvalue weighted by Crippen LogP contribution is -2.29. The minimum Gasteiger partial charge on any atom is -0.468 e. The zero-order valence-electron chi connectivity index (χ0n) is 14.0. The molecule has 3 rings (SSSR count). The van der Waals surface area contributed by atoms with E-state index in [-0.39, 0.29) is 25.0 Å². The number of fused-ring (bicyclic) bond motifs is 1. The van der Waals surface area contributed by atoms with E-state index in [9.17, 15) is 9.59 Å². The maximum Gasteiger partial charge on any atom is 0.325 e. The van der Waals surface area contributed by atoms with Crippen LogP contribution in [-0.2, 0) is 22.6 Å². The number of amides is 1. The van der Waals surface area contributed by atoms with E-state index in [0.29, 0.717) is 11.5 Å². The molecule has 0 aliphatic carbocycles. The van der Waals surface area contributed by atoms with Gasteiger partial charge in [-0.2, -0.15) is 0 Å². The summed E-state index contributed by atoms with van der Waals surface area (Å²) < 4.78 is 6.54. The standard InChI is InChI=1S/C18H18N4O3/c1-21(18(24)14-8-5-6-10-19-14)11-16-20-13-7-3-4-9-15(13)22(16)12-17(23)25-2/h3-10H,11-12H2,1-2H3. The Morgan fingerprint density at radius 1 is 1.16 bits per heavy atom. The highest BCUT2D eigenvalue weighted by molar-refractivity contribution is 5.92. The first-order chi connectivity index (χ1) is 12.1. The molecule has 128 valence electrons. The van der Waals surface area contributed by atoms with E-state index < -0.39 is 0 Å². The Kier molecular flexibility index (Phi) is 4.74. The van der Waals surface area contributed by atoms with E-state index in [0.717, 1.165) is 11.0 Å². The van der Waals surface area contributed by atoms with E-state index in [4.69, 9.17) is 4.74 Å². The predicted molar refractivity (Wildman–Crippen MR) is 91.8 cm³/mol. The normalized spacial score (nSPS) is 10.6. The summed E-state index contributed by atoms with van der Waals surface area (Å²) in [5, 5.41) is 0. The summed E-state index contributed by atoms with van der Waals surface area (Å²) in [4.78, 5) is 34.4. The SMILES string of the molecule is COC(=O)Cn1c(CN(C)C(=O)c2ccccn2)nc2ccccc21. The van der Waals surface area contributed by atoms with E-state index in [1.807, 2.05) is 24.3 Å². The molecule has 0 radical (unpaired) electrons. The second kappa shape index (κ2) is 7.12. The Balaban J connectivity index is 1.91. The Labute approximate surface area is 144 Å². The van der Waals surface area contributed by atoms with Gasteiger partial charge in [0.2, 0.25) is 0 Å². The van der Waals surface area contributed by atoms with E-state index in [2.05, 4.69) is 9.97 Å². The van der Waals surface area contributed by atoms with Gasteiger partial charge in [-0.15, -0.1) is 0 Å². The Morgan fingerprint density at radius 2 is 1.92 bits per heavy atom. The highest BCUT2D eigenvalue weighted by Crippen LogP contribution is 2.17. The van der Waals surface area contributed by atoms with Crippen LogP contribution in [-0.4, -0.2) is 45.5 Å². The second-order valence-electron chi connectivity index (χ2n) is 5.56. The number of methoxy groups -OCH3 is 1. The van der Waals surface area contributed by atoms with Crippen molar-refractivity contribution in [3.8, 4) is 0 Å². The number of hydrogen-bond acceptors (Lipinski definition) is 5. The van der Waals surface area contributed by atoms with Crippen molar-refractivity contribution >= 4 is 22.9 Å². The molecule has 2 aromatic heterocycles. The van der Waals surface area contributed by atoms with Crippen LogP contribution in [0.4, 0.5) is 0 Å². The molecule has 0 aliphatic rings. The van der Waals surface area contributed by atoms with Gasteiger partial charge in [-0.1, -0.05) is 18.2 Å². The quantitative estimate of drug-likeness (QED) is 0.664. The minimum absolute atomic E-state index is 0.0396. The monoisotopic (exact) mass is 338 g/mol. The van der Waals surface area contributed by atoms with Crippen molar-refractivity contribution in [3.63, 3.8) is 0 Å². The summed E-state index contributed by atoms with van der Waals surface area (Å²) in [6.45, 7) is 0.291. The number of rotatable bonds is 5. The molecule has 1 amide bonds. The number of ether oxygens (including phenoxy) is 1. The van der Waals surface area contributed by atoms with Crippen LogP contribution in [0.5, 0.6) is 0 Å². The third-order valence-corrected chi connectivity index (χ3v) is 3.86. The van der Waals surface area contributed by atoms with Crippen LogP contribution in [0.3, 0.4) is 0 Å². The summed E-state index contributed by atoms with van der Waals surface area (Å²) in [6, 6.07) is 12.7. The number of hydrogen-bond donors (Lipinski definition) is 0. The number of pyridine rings is 1. The number of aromatic nitrogens is 3. The zero-order chi connectivity index (χ0) is 17.8. The van der Waals surface area contributed by atoms with Gasteiger partial charge < -0.3 is 14.2 Å². The number of para-hydroxylation sites is 2. The van der Waals surface area contributed by atoms with Gasteiger partial charge >= 0.3 is 5.97 Å². The van der Waals surface area contributed by atoms with Crippen LogP contribution in [0, 0.1) is 0 Å². The van der Waals surface area contributed by atoms with Gasteiger partial charge in [0, 0.05) is 13.2 Å². The molecule has 3 aromatic rings. The lowest BCUT2D eigenvalue weighted by atomic mass is 10.3. The number of esters is 1. The van der Waals surface area contributed by atoms with Gasteiger partial charge in [0.25, 0.3) is 5.91 Å². The Hall–Kier alpha value is -3.22. The number of carbonyl (C=O) groups excluding carboxylic acids is 2. The first kappa shape index (κ1) is 16.6. The number of imidazole rings is 1. The fourth-order valence-electron chi connectivity index (χ4n) is 2.58. The van der Waals surface area contributed by atoms with Crippen molar-refractivity contribution in [3.05, 3.63) is 60.2 Å². The van der Waals surface area contributed by atoms with Crippen molar-refractivity contribution < 1.29 is 14.3 Å². The number of nitrogens with zero attached hydrogens (tertiary/aromatic N) is 4. The van der Waals surface area contributed by atoms with Crippen molar-refractivity contribution in [1.82, 2.24) is 19.4 Å². The maximum absolute atomic E-state index is 12.5. The first-order valence-corrected chi connectivity index (χ1v) is 7.77. The molecule has 0 unspecified atom stereocenters. The van der Waals surface area contributed by atoms with Gasteiger partial charge in [-0.25, -0.2) is 4.98 Å². The zero-order valence-corrected chi connectivity index (χ0v) is 14.0. The van der Waals surface area contributed by atoms with Gasteiger partial charge in [0.05, 0.1) is 24.7 Å². The molecule has 0 saturated carbocycles. The van der Waals surface area contributed by atoms with Crippen LogP contribution in [0.25, 0.3) is 11.0 Å². The summed E-state index contributed by atoms with van der Waals surface area (Å²) >= 11 is 0. The van der Waals surface area contributed by atoms with Crippen LogP contribution in [0.2, 0.25) is 0 Å². The second-order valence-corrected chi connectivity index (χ2v) is 5.56. The highest BCUT2D eigenvalue weighted by atomic mass is 16.5. The van der Waals surface area contributed by atoms with E-state index in [1.54, 1.807) is 36.0 Å². The number of benzene rings is 1. The molecule has 0 atom stereocenters. The molecule has 7 heteroatoms. The molecule has 0 spiro atoms. The molecule has 25 heavy (non-hydrogen) atoms. The average molecular weight is 338 g/mol. The van der Waals surface area contributed by atoms with E-state index in [1.165, 1.54) is 12.0 Å². The van der Waals surface area contributed by atoms with Crippen LogP contribution in [0.1, 0.15) is 16.3 Å². The molecule has 2 heterocycles. The predicted octanol–water partition coefficient (Wildman–Crippen LogP) is 1.88. The largest absolute Gasteiger partial charge is 0.468 e. The molecule has 0 bridgehead atoms. The topological polar surface area (TPSA) is 77.3 Å². The summed E-state index contributed by atoms with van der Waals surface area (Å²) in [5.74, 6) is 0.0266. The average Bonchev–Trinajstić information content (AvgIpc) is 2.98. The van der Waals surface area contributed by atoms with Crippen molar-refractivity contribution in [1.29, 1.82) is 0 Å². The van der Waals surface area contributed by atoms with Gasteiger partial charge in [-0.3, -0.25) is 14.6 Å². The van der Waals surface area contributed by atoms with Crippen molar-refractivity contribution in [2.24, 2.45) is 0 Å². The Morgan fingerprint density at radius 3 is 2.64 bits per heavy atom. The molecular formula is C18H18N4O3. The lowest BCUT2D eigenvalue weighted by Gasteiger charge is -2.17. The molecule has 0 N–H and O–H groups in total. The third-order valence-electron chi connectivity index (χ3n) is 3.86. The fourth-order valence-corrected chi connectivity index (χ4v) is 2.58. The smallest absolute Gasteiger partial charge is 0.325 e. The molecule has 7 nitrogen and oxygen atoms in total. The Bertz CT molecular complexity index is 905. The van der Waals surface area contributed by atoms with Crippen LogP contribution >= 0.6 is 0 Å². The van der Waals surface area contributed by atoms with Crippen LogP contribution in [0.15, 0.2) is 48.7 Å². The number of carbonyl (C=O) groups is 2. The molecule has 0 fully saturated rings. The fraction of sp³-hybridized carbons (Fsp3) is 0.222. The molecular weight excluding hydrogens is 320 g/mol. The molecule has 0 saturated heterocycles. The van der Waals surface area contributed by atoms with Gasteiger partial charge in [0.1, 0.15) is 18.1 Å². The molecule has 0 aliphatic heterocycles. The summed E-state index contributed by atoms with van der Waals surface area (Å²) in [5.41, 5.74) is 1.95. The lowest BCUT2D eigenvalue weighted by molar-refractivity contribution is -0.141. The van der Waals surface area contributed by atoms with Crippen LogP contribution < -0.4 is 0 Å². The summed E-state index contributed by atoms with van der Waals surface area (Å²) in [6.07, 6.45) is 1.58. The summed E-state index contributed by atoms with van der Waals surface area (Å²) in [7, 11) is 3.02. The van der Waals surface area contributed by atoms with E-state index >= 15 is 0 Å². The van der Waals surface area contributed by atoms with Gasteiger partial charge in [0.15, 0.2) is 0 Å². The van der Waals surface area contributed by atoms with Crippen molar-refractivity contribution in [2.75, 3.05) is 14.2 Å². The minimum atomic E-state index is -0.372. The van der Waals surface area contributed by atoms with Gasteiger partial charge in [-0.05, 0) is 24.3 Å².